The second-order valence-electron chi connectivity index (χ2n) is 6.46. The average Bonchev–Trinajstić information content (AvgIpc) is 2.77. The van der Waals surface area contributed by atoms with Crippen LogP contribution in [0.2, 0.25) is 0 Å². The Morgan fingerprint density at radius 3 is 2.39 bits per heavy atom. The largest absolute Gasteiger partial charge is 0.496 e. The number of para-hydroxylation sites is 1. The average molecular weight is 467 g/mol. The van der Waals surface area contributed by atoms with Crippen LogP contribution in [0.15, 0.2) is 48.5 Å². The zero-order chi connectivity index (χ0) is 22.9. The molecule has 10 heteroatoms. The van der Waals surface area contributed by atoms with Crippen molar-refractivity contribution in [3.05, 3.63) is 54.1 Å². The summed E-state index contributed by atoms with van der Waals surface area (Å²) in [4.78, 5) is 25.0. The Kier molecular flexibility index (Phi) is 9.35. The number of carbonyl (C=O) groups excluding carboxylic acids is 2. The molecule has 0 saturated carbocycles. The number of sulfonamides is 1. The molecule has 168 valence electrons. The first kappa shape index (κ1) is 24.7. The van der Waals surface area contributed by atoms with Crippen molar-refractivity contribution in [2.24, 2.45) is 0 Å². The summed E-state index contributed by atoms with van der Waals surface area (Å²) >= 11 is 1.50. The van der Waals surface area contributed by atoms with Gasteiger partial charge in [0.15, 0.2) is 0 Å². The Bertz CT molecular complexity index is 993. The molecule has 0 spiro atoms. The standard InChI is InChI=1S/C21H26N2O6S2/c1-4-31(26,27)23-18(13-14-30-3)21(25)29-16-11-9-15(10-12-16)22-20(24)17-7-5-6-8-19(17)28-2/h5-12,18,23H,4,13-14H2,1-3H3,(H,22,24). The van der Waals surface area contributed by atoms with Gasteiger partial charge in [0.2, 0.25) is 10.0 Å². The molecule has 2 rings (SSSR count). The minimum Gasteiger partial charge on any atom is -0.496 e. The third-order valence-electron chi connectivity index (χ3n) is 4.28. The molecular formula is C21H26N2O6S2. The summed E-state index contributed by atoms with van der Waals surface area (Å²) in [5.74, 6) is 0.142. The summed E-state index contributed by atoms with van der Waals surface area (Å²) < 4.78 is 36.6. The molecule has 0 aliphatic heterocycles. The number of methoxy groups -OCH3 is 1. The Balaban J connectivity index is 2.04. The molecule has 0 aromatic heterocycles. The lowest BCUT2D eigenvalue weighted by atomic mass is 10.2. The van der Waals surface area contributed by atoms with Crippen molar-refractivity contribution >= 4 is 39.3 Å². The molecule has 1 unspecified atom stereocenters. The maximum Gasteiger partial charge on any atom is 0.329 e. The number of esters is 1. The number of carbonyl (C=O) groups is 2. The highest BCUT2D eigenvalue weighted by atomic mass is 32.2. The van der Waals surface area contributed by atoms with Crippen molar-refractivity contribution in [1.82, 2.24) is 4.72 Å². The van der Waals surface area contributed by atoms with Crippen LogP contribution in [0.1, 0.15) is 23.7 Å². The van der Waals surface area contributed by atoms with E-state index >= 15 is 0 Å². The molecule has 1 amide bonds. The van der Waals surface area contributed by atoms with Gasteiger partial charge in [0.05, 0.1) is 18.4 Å². The molecule has 0 bridgehead atoms. The van der Waals surface area contributed by atoms with Gasteiger partial charge in [-0.25, -0.2) is 17.9 Å². The third kappa shape index (κ3) is 7.57. The molecule has 1 atom stereocenters. The fourth-order valence-electron chi connectivity index (χ4n) is 2.58. The van der Waals surface area contributed by atoms with Gasteiger partial charge in [0.25, 0.3) is 5.91 Å². The van der Waals surface area contributed by atoms with E-state index < -0.39 is 22.0 Å². The number of benzene rings is 2. The summed E-state index contributed by atoms with van der Waals surface area (Å²) in [7, 11) is -2.07. The van der Waals surface area contributed by atoms with E-state index in [1.54, 1.807) is 36.4 Å². The van der Waals surface area contributed by atoms with Crippen LogP contribution in [0.4, 0.5) is 5.69 Å². The maximum atomic E-state index is 12.5. The fraction of sp³-hybridized carbons (Fsp3) is 0.333. The number of ether oxygens (including phenoxy) is 2. The Labute approximate surface area is 186 Å². The van der Waals surface area contributed by atoms with Crippen molar-refractivity contribution in [2.75, 3.05) is 30.2 Å². The summed E-state index contributed by atoms with van der Waals surface area (Å²) in [6, 6.07) is 12.1. The van der Waals surface area contributed by atoms with Gasteiger partial charge in [-0.1, -0.05) is 12.1 Å². The predicted octanol–water partition coefficient (Wildman–Crippen LogP) is 2.91. The first-order valence-electron chi connectivity index (χ1n) is 9.54. The zero-order valence-electron chi connectivity index (χ0n) is 17.6. The quantitative estimate of drug-likeness (QED) is 0.387. The molecular weight excluding hydrogens is 440 g/mol. The van der Waals surface area contributed by atoms with Gasteiger partial charge in [0.1, 0.15) is 17.5 Å². The van der Waals surface area contributed by atoms with Crippen molar-refractivity contribution < 1.29 is 27.5 Å². The molecule has 8 nitrogen and oxygen atoms in total. The van der Waals surface area contributed by atoms with E-state index in [1.807, 2.05) is 6.26 Å². The molecule has 2 aromatic carbocycles. The second-order valence-corrected chi connectivity index (χ2v) is 9.48. The summed E-state index contributed by atoms with van der Waals surface area (Å²) in [5.41, 5.74) is 0.890. The highest BCUT2D eigenvalue weighted by Crippen LogP contribution is 2.21. The number of thioether (sulfide) groups is 1. The highest BCUT2D eigenvalue weighted by Gasteiger charge is 2.25. The van der Waals surface area contributed by atoms with Crippen LogP contribution in [0, 0.1) is 0 Å². The molecule has 0 fully saturated rings. The second kappa shape index (κ2) is 11.7. The number of amides is 1. The first-order chi connectivity index (χ1) is 14.8. The molecule has 0 aliphatic rings. The summed E-state index contributed by atoms with van der Waals surface area (Å²) in [6.45, 7) is 1.50. The van der Waals surface area contributed by atoms with Gasteiger partial charge in [0, 0.05) is 5.69 Å². The van der Waals surface area contributed by atoms with Gasteiger partial charge in [-0.05, 0) is 61.8 Å². The van der Waals surface area contributed by atoms with Crippen molar-refractivity contribution in [1.29, 1.82) is 0 Å². The lowest BCUT2D eigenvalue weighted by Gasteiger charge is -2.17. The number of anilines is 1. The minimum absolute atomic E-state index is 0.128. The summed E-state index contributed by atoms with van der Waals surface area (Å²) in [5, 5.41) is 2.75. The minimum atomic E-state index is -3.56. The number of rotatable bonds is 11. The molecule has 2 N–H and O–H groups in total. The molecule has 2 aromatic rings. The number of nitrogens with one attached hydrogen (secondary N) is 2. The van der Waals surface area contributed by atoms with Gasteiger partial charge in [-0.15, -0.1) is 0 Å². The van der Waals surface area contributed by atoms with E-state index in [0.717, 1.165) is 0 Å². The highest BCUT2D eigenvalue weighted by molar-refractivity contribution is 7.98. The van der Waals surface area contributed by atoms with Gasteiger partial charge in [-0.2, -0.15) is 11.8 Å². The predicted molar refractivity (Wildman–Crippen MR) is 122 cm³/mol. The normalized spacial score (nSPS) is 12.1. The van der Waals surface area contributed by atoms with E-state index in [2.05, 4.69) is 10.0 Å². The van der Waals surface area contributed by atoms with Gasteiger partial charge < -0.3 is 14.8 Å². The van der Waals surface area contributed by atoms with Crippen molar-refractivity contribution in [3.8, 4) is 11.5 Å². The fourth-order valence-corrected chi connectivity index (χ4v) is 3.87. The van der Waals surface area contributed by atoms with E-state index in [9.17, 15) is 18.0 Å². The van der Waals surface area contributed by atoms with Crippen LogP contribution >= 0.6 is 11.8 Å². The van der Waals surface area contributed by atoms with Crippen molar-refractivity contribution in [3.63, 3.8) is 0 Å². The monoisotopic (exact) mass is 466 g/mol. The molecule has 0 saturated heterocycles. The van der Waals surface area contributed by atoms with Gasteiger partial charge in [-0.3, -0.25) is 4.79 Å². The lowest BCUT2D eigenvalue weighted by molar-refractivity contribution is -0.136. The topological polar surface area (TPSA) is 111 Å². The zero-order valence-corrected chi connectivity index (χ0v) is 19.2. The Morgan fingerprint density at radius 2 is 1.77 bits per heavy atom. The number of hydrogen-bond acceptors (Lipinski definition) is 7. The maximum absolute atomic E-state index is 12.5. The van der Waals surface area contributed by atoms with Gasteiger partial charge >= 0.3 is 5.97 Å². The van der Waals surface area contributed by atoms with E-state index in [4.69, 9.17) is 9.47 Å². The smallest absolute Gasteiger partial charge is 0.329 e. The van der Waals surface area contributed by atoms with E-state index in [0.29, 0.717) is 29.2 Å². The van der Waals surface area contributed by atoms with Crippen LogP contribution in [-0.4, -0.2) is 51.2 Å². The molecule has 0 heterocycles. The third-order valence-corrected chi connectivity index (χ3v) is 6.33. The molecule has 0 aliphatic carbocycles. The van der Waals surface area contributed by atoms with Crippen molar-refractivity contribution in [2.45, 2.75) is 19.4 Å². The van der Waals surface area contributed by atoms with E-state index in [1.165, 1.54) is 37.9 Å². The molecule has 0 radical (unpaired) electrons. The van der Waals surface area contributed by atoms with E-state index in [-0.39, 0.29) is 17.4 Å². The SMILES string of the molecule is CCS(=O)(=O)NC(CCSC)C(=O)Oc1ccc(NC(=O)c2ccccc2OC)cc1. The Hall–Kier alpha value is -2.56. The Morgan fingerprint density at radius 1 is 1.10 bits per heavy atom. The van der Waals surface area contributed by atoms with Crippen LogP contribution in [0.25, 0.3) is 0 Å². The molecule has 31 heavy (non-hydrogen) atoms. The van der Waals surface area contributed by atoms with Crippen LogP contribution in [-0.2, 0) is 14.8 Å². The number of hydrogen-bond donors (Lipinski definition) is 2. The van der Waals surface area contributed by atoms with Crippen LogP contribution in [0.3, 0.4) is 0 Å². The lowest BCUT2D eigenvalue weighted by Crippen LogP contribution is -2.44. The first-order valence-corrected chi connectivity index (χ1v) is 12.6. The summed E-state index contributed by atoms with van der Waals surface area (Å²) in [6.07, 6.45) is 2.18. The van der Waals surface area contributed by atoms with Crippen LogP contribution in [0.5, 0.6) is 11.5 Å². The van der Waals surface area contributed by atoms with Crippen LogP contribution < -0.4 is 19.5 Å².